The van der Waals surface area contributed by atoms with Gasteiger partial charge in [0.25, 0.3) is 0 Å². The first-order valence-electron chi connectivity index (χ1n) is 4.78. The highest BCUT2D eigenvalue weighted by Crippen LogP contribution is 2.20. The first-order chi connectivity index (χ1) is 6.87. The van der Waals surface area contributed by atoms with Crippen molar-refractivity contribution in [2.24, 2.45) is 5.41 Å². The summed E-state index contributed by atoms with van der Waals surface area (Å²) in [6.45, 7) is 6.11. The fourth-order valence-electron chi connectivity index (χ4n) is 1.17. The molecule has 1 rings (SSSR count). The zero-order valence-corrected chi connectivity index (χ0v) is 10.8. The number of aromatic nitrogens is 1. The van der Waals surface area contributed by atoms with Crippen molar-refractivity contribution in [3.8, 4) is 0 Å². The van der Waals surface area contributed by atoms with E-state index in [1.807, 2.05) is 20.8 Å². The molecule has 1 aromatic rings. The third kappa shape index (κ3) is 4.93. The molecule has 1 aromatic heterocycles. The van der Waals surface area contributed by atoms with Crippen molar-refractivity contribution in [1.82, 2.24) is 4.98 Å². The molecule has 0 aliphatic rings. The summed E-state index contributed by atoms with van der Waals surface area (Å²) in [5, 5.41) is 2.83. The van der Waals surface area contributed by atoms with E-state index in [0.29, 0.717) is 6.42 Å². The molecule has 0 spiro atoms. The molecule has 0 aliphatic heterocycles. The molecule has 1 N–H and O–H groups in total. The molecular weight excluding hydrogens is 256 g/mol. The maximum absolute atomic E-state index is 11.6. The highest BCUT2D eigenvalue weighted by Gasteiger charge is 2.15. The van der Waals surface area contributed by atoms with Gasteiger partial charge < -0.3 is 5.32 Å². The number of pyridine rings is 1. The lowest BCUT2D eigenvalue weighted by Crippen LogP contribution is -2.19. The molecule has 1 amide bonds. The average molecular weight is 271 g/mol. The van der Waals surface area contributed by atoms with Crippen LogP contribution in [-0.2, 0) is 4.79 Å². The summed E-state index contributed by atoms with van der Waals surface area (Å²) < 4.78 is 0.719. The molecule has 1 heterocycles. The van der Waals surface area contributed by atoms with Gasteiger partial charge in [-0.1, -0.05) is 20.8 Å². The average Bonchev–Trinajstić information content (AvgIpc) is 1.99. The number of hydrogen-bond acceptors (Lipinski definition) is 2. The Morgan fingerprint density at radius 1 is 1.53 bits per heavy atom. The third-order valence-electron chi connectivity index (χ3n) is 1.70. The minimum atomic E-state index is 0.00828. The van der Waals surface area contributed by atoms with Crippen LogP contribution in [0.4, 0.5) is 5.69 Å². The summed E-state index contributed by atoms with van der Waals surface area (Å²) in [5.41, 5.74) is 0.778. The normalized spacial score (nSPS) is 11.2. The minimum absolute atomic E-state index is 0.00828. The van der Waals surface area contributed by atoms with Gasteiger partial charge in [0.1, 0.15) is 4.60 Å². The van der Waals surface area contributed by atoms with Crippen LogP contribution in [0.15, 0.2) is 22.9 Å². The van der Waals surface area contributed by atoms with Crippen molar-refractivity contribution >= 4 is 27.5 Å². The standard InChI is InChI=1S/C11H15BrN2O/c1-11(2,3)7-10(15)14-8-4-5-13-9(12)6-8/h4-6H,7H2,1-3H3,(H,13,14,15). The Labute approximate surface area is 98.4 Å². The lowest BCUT2D eigenvalue weighted by molar-refractivity contribution is -0.117. The summed E-state index contributed by atoms with van der Waals surface area (Å²) in [4.78, 5) is 15.6. The van der Waals surface area contributed by atoms with E-state index in [4.69, 9.17) is 0 Å². The van der Waals surface area contributed by atoms with Crippen LogP contribution >= 0.6 is 15.9 Å². The number of nitrogens with one attached hydrogen (secondary N) is 1. The molecule has 0 aromatic carbocycles. The van der Waals surface area contributed by atoms with Gasteiger partial charge in [-0.15, -0.1) is 0 Å². The summed E-state index contributed by atoms with van der Waals surface area (Å²) in [5.74, 6) is 0.0283. The Bertz CT molecular complexity index is 358. The van der Waals surface area contributed by atoms with E-state index in [2.05, 4.69) is 26.2 Å². The number of rotatable bonds is 2. The number of nitrogens with zero attached hydrogens (tertiary/aromatic N) is 1. The maximum Gasteiger partial charge on any atom is 0.224 e. The minimum Gasteiger partial charge on any atom is -0.326 e. The van der Waals surface area contributed by atoms with Crippen LogP contribution in [0, 0.1) is 5.41 Å². The van der Waals surface area contributed by atoms with Crippen molar-refractivity contribution in [3.63, 3.8) is 0 Å². The van der Waals surface area contributed by atoms with Crippen LogP contribution < -0.4 is 5.32 Å². The maximum atomic E-state index is 11.6. The topological polar surface area (TPSA) is 42.0 Å². The van der Waals surface area contributed by atoms with Crippen molar-refractivity contribution in [2.75, 3.05) is 5.32 Å². The lowest BCUT2D eigenvalue weighted by atomic mass is 9.92. The molecule has 0 radical (unpaired) electrons. The number of carbonyl (C=O) groups excluding carboxylic acids is 1. The van der Waals surface area contributed by atoms with E-state index in [1.165, 1.54) is 0 Å². The van der Waals surface area contributed by atoms with Crippen LogP contribution in [0.25, 0.3) is 0 Å². The summed E-state index contributed by atoms with van der Waals surface area (Å²) >= 11 is 3.25. The molecule has 0 bridgehead atoms. The fourth-order valence-corrected chi connectivity index (χ4v) is 1.53. The summed E-state index contributed by atoms with van der Waals surface area (Å²) in [7, 11) is 0. The Hall–Kier alpha value is -0.900. The van der Waals surface area contributed by atoms with Gasteiger partial charge >= 0.3 is 0 Å². The monoisotopic (exact) mass is 270 g/mol. The van der Waals surface area contributed by atoms with Crippen LogP contribution in [0.3, 0.4) is 0 Å². The number of carbonyl (C=O) groups is 1. The molecule has 82 valence electrons. The van der Waals surface area contributed by atoms with E-state index in [9.17, 15) is 4.79 Å². The lowest BCUT2D eigenvalue weighted by Gasteiger charge is -2.17. The molecule has 0 saturated carbocycles. The molecule has 0 saturated heterocycles. The Morgan fingerprint density at radius 3 is 2.73 bits per heavy atom. The zero-order chi connectivity index (χ0) is 11.5. The molecule has 0 fully saturated rings. The quantitative estimate of drug-likeness (QED) is 0.839. The molecule has 4 heteroatoms. The first-order valence-corrected chi connectivity index (χ1v) is 5.57. The van der Waals surface area contributed by atoms with Gasteiger partial charge in [0, 0.05) is 18.3 Å². The van der Waals surface area contributed by atoms with Crippen LogP contribution in [0.5, 0.6) is 0 Å². The number of halogens is 1. The molecular formula is C11H15BrN2O. The molecule has 0 aliphatic carbocycles. The molecule has 15 heavy (non-hydrogen) atoms. The van der Waals surface area contributed by atoms with Crippen molar-refractivity contribution in [3.05, 3.63) is 22.9 Å². The predicted octanol–water partition coefficient (Wildman–Crippen LogP) is 3.22. The van der Waals surface area contributed by atoms with E-state index in [0.717, 1.165) is 10.3 Å². The van der Waals surface area contributed by atoms with Gasteiger partial charge in [-0.05, 0) is 33.5 Å². The van der Waals surface area contributed by atoms with Crippen molar-refractivity contribution < 1.29 is 4.79 Å². The highest BCUT2D eigenvalue weighted by atomic mass is 79.9. The predicted molar refractivity (Wildman–Crippen MR) is 64.6 cm³/mol. The van der Waals surface area contributed by atoms with Crippen LogP contribution in [0.1, 0.15) is 27.2 Å². The third-order valence-corrected chi connectivity index (χ3v) is 2.13. The van der Waals surface area contributed by atoms with Crippen molar-refractivity contribution in [1.29, 1.82) is 0 Å². The molecule has 0 unspecified atom stereocenters. The molecule has 0 atom stereocenters. The number of hydrogen-bond donors (Lipinski definition) is 1. The Kier molecular flexibility index (Phi) is 3.85. The smallest absolute Gasteiger partial charge is 0.224 e. The van der Waals surface area contributed by atoms with Gasteiger partial charge in [-0.25, -0.2) is 4.98 Å². The van der Waals surface area contributed by atoms with Crippen molar-refractivity contribution in [2.45, 2.75) is 27.2 Å². The second-order valence-electron chi connectivity index (χ2n) is 4.65. The fraction of sp³-hybridized carbons (Fsp3) is 0.455. The first kappa shape index (κ1) is 12.2. The van der Waals surface area contributed by atoms with E-state index in [-0.39, 0.29) is 11.3 Å². The van der Waals surface area contributed by atoms with E-state index >= 15 is 0 Å². The van der Waals surface area contributed by atoms with E-state index < -0.39 is 0 Å². The van der Waals surface area contributed by atoms with Gasteiger partial charge in [0.15, 0.2) is 0 Å². The SMILES string of the molecule is CC(C)(C)CC(=O)Nc1ccnc(Br)c1. The second-order valence-corrected chi connectivity index (χ2v) is 5.47. The Morgan fingerprint density at radius 2 is 2.20 bits per heavy atom. The van der Waals surface area contributed by atoms with Crippen LogP contribution in [0.2, 0.25) is 0 Å². The van der Waals surface area contributed by atoms with Gasteiger partial charge in [0.05, 0.1) is 0 Å². The summed E-state index contributed by atoms with van der Waals surface area (Å²) in [6, 6.07) is 3.55. The second kappa shape index (κ2) is 4.75. The van der Waals surface area contributed by atoms with Gasteiger partial charge in [-0.3, -0.25) is 4.79 Å². The highest BCUT2D eigenvalue weighted by molar-refractivity contribution is 9.10. The molecule has 3 nitrogen and oxygen atoms in total. The van der Waals surface area contributed by atoms with E-state index in [1.54, 1.807) is 18.3 Å². The zero-order valence-electron chi connectivity index (χ0n) is 9.17. The summed E-state index contributed by atoms with van der Waals surface area (Å²) in [6.07, 6.45) is 2.16. The number of amides is 1. The largest absolute Gasteiger partial charge is 0.326 e. The van der Waals surface area contributed by atoms with Gasteiger partial charge in [-0.2, -0.15) is 0 Å². The Balaban J connectivity index is 2.59. The van der Waals surface area contributed by atoms with Crippen LogP contribution in [-0.4, -0.2) is 10.9 Å². The number of anilines is 1. The van der Waals surface area contributed by atoms with Gasteiger partial charge in [0.2, 0.25) is 5.91 Å².